The molecule has 42 valence electrons. The van der Waals surface area contributed by atoms with Crippen LogP contribution in [-0.2, 0) is 0 Å². The fraction of sp³-hybridized carbons (Fsp3) is 0. The lowest BCUT2D eigenvalue weighted by atomic mass is 10.5. The second-order valence-corrected chi connectivity index (χ2v) is 1.80. The third-order valence-corrected chi connectivity index (χ3v) is 1.36. The quantitative estimate of drug-likeness (QED) is 0.482. The number of nitrogens with zero attached hydrogens (tertiary/aromatic N) is 1. The Morgan fingerprint density at radius 1 is 1.38 bits per heavy atom. The lowest BCUT2D eigenvalue weighted by molar-refractivity contribution is 0.615. The van der Waals surface area contributed by atoms with Gasteiger partial charge in [-0.1, -0.05) is 0 Å². The van der Waals surface area contributed by atoms with E-state index in [-0.39, 0.29) is 0 Å². The fourth-order valence-electron chi connectivity index (χ4n) is 0.474. The first-order valence-electron chi connectivity index (χ1n) is 2.37. The predicted molar refractivity (Wildman–Crippen MR) is 34.8 cm³/mol. The molecule has 2 nitrogen and oxygen atoms in total. The van der Waals surface area contributed by atoms with Gasteiger partial charge < -0.3 is 4.43 Å². The van der Waals surface area contributed by atoms with Gasteiger partial charge in [-0.25, -0.2) is 0 Å². The van der Waals surface area contributed by atoms with E-state index in [1.54, 1.807) is 12.4 Å². The van der Waals surface area contributed by atoms with Crippen LogP contribution in [0.5, 0.6) is 5.75 Å². The molecule has 0 saturated heterocycles. The summed E-state index contributed by atoms with van der Waals surface area (Å²) in [6, 6.07) is 3.68. The Balaban J connectivity index is 2.83. The highest BCUT2D eigenvalue weighted by molar-refractivity contribution is 5.99. The van der Waals surface area contributed by atoms with E-state index in [2.05, 4.69) is 4.98 Å². The van der Waals surface area contributed by atoms with Gasteiger partial charge in [-0.2, -0.15) is 0 Å². The SMILES string of the molecule is [SiH3]Oc1ccncc1. The molecule has 0 aliphatic heterocycles. The van der Waals surface area contributed by atoms with E-state index in [0.717, 1.165) is 16.2 Å². The van der Waals surface area contributed by atoms with Gasteiger partial charge in [-0.05, 0) is 12.1 Å². The maximum atomic E-state index is 5.01. The Morgan fingerprint density at radius 3 is 2.38 bits per heavy atom. The van der Waals surface area contributed by atoms with E-state index in [1.165, 1.54) is 0 Å². The average Bonchev–Trinajstić information content (AvgIpc) is 1.90. The fourth-order valence-corrected chi connectivity index (χ4v) is 0.746. The van der Waals surface area contributed by atoms with Gasteiger partial charge in [0.05, 0.1) is 0 Å². The van der Waals surface area contributed by atoms with E-state index in [4.69, 9.17) is 4.43 Å². The van der Waals surface area contributed by atoms with E-state index in [9.17, 15) is 0 Å². The van der Waals surface area contributed by atoms with Crippen LogP contribution in [0.25, 0.3) is 0 Å². The number of hydrogen-bond acceptors (Lipinski definition) is 2. The third kappa shape index (κ3) is 1.07. The van der Waals surface area contributed by atoms with Crippen LogP contribution in [0, 0.1) is 0 Å². The maximum Gasteiger partial charge on any atom is 0.204 e. The molecular formula is C5H7NOSi. The van der Waals surface area contributed by atoms with Crippen molar-refractivity contribution in [1.82, 2.24) is 4.98 Å². The standard InChI is InChI=1S/C5H7NOSi/c8-7-5-1-3-6-4-2-5/h1-4H,8H3. The summed E-state index contributed by atoms with van der Waals surface area (Å²) in [5.74, 6) is 0.909. The molecule has 1 rings (SSSR count). The highest BCUT2D eigenvalue weighted by Gasteiger charge is 1.80. The summed E-state index contributed by atoms with van der Waals surface area (Å²) in [6.07, 6.45) is 3.43. The van der Waals surface area contributed by atoms with Crippen molar-refractivity contribution in [1.29, 1.82) is 0 Å². The Hall–Kier alpha value is -0.833. The Bertz CT molecular complexity index is 154. The van der Waals surface area contributed by atoms with Crippen molar-refractivity contribution in [2.75, 3.05) is 0 Å². The molecule has 1 aromatic rings. The van der Waals surface area contributed by atoms with Gasteiger partial charge in [-0.15, -0.1) is 0 Å². The van der Waals surface area contributed by atoms with Gasteiger partial charge >= 0.3 is 0 Å². The minimum absolute atomic E-state index is 0.749. The lowest BCUT2D eigenvalue weighted by Gasteiger charge is -1.94. The molecule has 0 N–H and O–H groups in total. The first kappa shape index (κ1) is 5.31. The summed E-state index contributed by atoms with van der Waals surface area (Å²) < 4.78 is 5.01. The lowest BCUT2D eigenvalue weighted by Crippen LogP contribution is -1.82. The minimum atomic E-state index is 0.749. The second-order valence-electron chi connectivity index (χ2n) is 1.39. The third-order valence-electron chi connectivity index (χ3n) is 0.885. The van der Waals surface area contributed by atoms with E-state index >= 15 is 0 Å². The Labute approximate surface area is 51.1 Å². The molecule has 0 atom stereocenters. The number of aromatic nitrogens is 1. The zero-order valence-electron chi connectivity index (χ0n) is 4.66. The van der Waals surface area contributed by atoms with Crippen LogP contribution in [-0.4, -0.2) is 15.5 Å². The molecule has 0 bridgehead atoms. The molecule has 0 fully saturated rings. The van der Waals surface area contributed by atoms with Gasteiger partial charge in [0.2, 0.25) is 10.5 Å². The molecule has 3 heteroatoms. The van der Waals surface area contributed by atoms with Crippen molar-refractivity contribution in [2.45, 2.75) is 0 Å². The Kier molecular flexibility index (Phi) is 1.64. The number of pyridine rings is 1. The van der Waals surface area contributed by atoms with Gasteiger partial charge in [0.1, 0.15) is 5.75 Å². The highest BCUT2D eigenvalue weighted by Crippen LogP contribution is 2.03. The van der Waals surface area contributed by atoms with Crippen LogP contribution in [0.15, 0.2) is 24.5 Å². The van der Waals surface area contributed by atoms with Crippen molar-refractivity contribution in [3.05, 3.63) is 24.5 Å². The molecule has 0 radical (unpaired) electrons. The first-order valence-corrected chi connectivity index (χ1v) is 3.19. The molecule has 0 saturated carbocycles. The van der Waals surface area contributed by atoms with Crippen LogP contribution in [0.3, 0.4) is 0 Å². The van der Waals surface area contributed by atoms with Crippen LogP contribution in [0.1, 0.15) is 0 Å². The van der Waals surface area contributed by atoms with Gasteiger partial charge in [0, 0.05) is 12.4 Å². The van der Waals surface area contributed by atoms with Crippen molar-refractivity contribution in [3.63, 3.8) is 0 Å². The summed E-state index contributed by atoms with van der Waals surface area (Å²) in [4.78, 5) is 3.83. The van der Waals surface area contributed by atoms with Crippen molar-refractivity contribution < 1.29 is 4.43 Å². The topological polar surface area (TPSA) is 22.1 Å². The zero-order valence-corrected chi connectivity index (χ0v) is 6.66. The molecule has 0 spiro atoms. The predicted octanol–water partition coefficient (Wildman–Crippen LogP) is -0.259. The summed E-state index contributed by atoms with van der Waals surface area (Å²) in [5, 5.41) is 0. The molecule has 1 heterocycles. The van der Waals surface area contributed by atoms with E-state index in [1.807, 2.05) is 12.1 Å². The smallest absolute Gasteiger partial charge is 0.204 e. The Morgan fingerprint density at radius 2 is 2.00 bits per heavy atom. The summed E-state index contributed by atoms with van der Waals surface area (Å²) >= 11 is 0. The number of rotatable bonds is 1. The molecule has 0 unspecified atom stereocenters. The van der Waals surface area contributed by atoms with Crippen molar-refractivity contribution in [2.24, 2.45) is 0 Å². The molecule has 0 aromatic carbocycles. The zero-order chi connectivity index (χ0) is 5.82. The maximum absolute atomic E-state index is 5.01. The molecule has 1 aromatic heterocycles. The normalized spacial score (nSPS) is 9.00. The second kappa shape index (κ2) is 2.47. The van der Waals surface area contributed by atoms with Gasteiger partial charge in [0.15, 0.2) is 0 Å². The molecule has 0 aliphatic rings. The van der Waals surface area contributed by atoms with Gasteiger partial charge in [-0.3, -0.25) is 4.98 Å². The van der Waals surface area contributed by atoms with Crippen molar-refractivity contribution >= 4 is 10.5 Å². The minimum Gasteiger partial charge on any atom is -0.553 e. The van der Waals surface area contributed by atoms with Crippen LogP contribution < -0.4 is 4.43 Å². The first-order chi connectivity index (χ1) is 3.93. The van der Waals surface area contributed by atoms with Gasteiger partial charge in [0.25, 0.3) is 0 Å². The van der Waals surface area contributed by atoms with Crippen LogP contribution in [0.2, 0.25) is 0 Å². The van der Waals surface area contributed by atoms with E-state index < -0.39 is 0 Å². The van der Waals surface area contributed by atoms with E-state index in [0.29, 0.717) is 0 Å². The van der Waals surface area contributed by atoms with Crippen LogP contribution in [0.4, 0.5) is 0 Å². The molecular weight excluding hydrogens is 118 g/mol. The molecule has 0 amide bonds. The monoisotopic (exact) mass is 125 g/mol. The highest BCUT2D eigenvalue weighted by atomic mass is 28.2. The largest absolute Gasteiger partial charge is 0.553 e. The summed E-state index contributed by atoms with van der Waals surface area (Å²) in [5.41, 5.74) is 0. The van der Waals surface area contributed by atoms with Crippen LogP contribution >= 0.6 is 0 Å². The number of hydrogen-bond donors (Lipinski definition) is 0. The summed E-state index contributed by atoms with van der Waals surface area (Å²) in [6.45, 7) is 0. The average molecular weight is 125 g/mol. The molecule has 0 aliphatic carbocycles. The summed E-state index contributed by atoms with van der Waals surface area (Å²) in [7, 11) is 0.749. The molecule has 8 heavy (non-hydrogen) atoms. The van der Waals surface area contributed by atoms with Crippen molar-refractivity contribution in [3.8, 4) is 5.75 Å².